The van der Waals surface area contributed by atoms with Gasteiger partial charge in [-0.3, -0.25) is 9.69 Å². The molecule has 6 atom stereocenters. The zero-order chi connectivity index (χ0) is 26.3. The summed E-state index contributed by atoms with van der Waals surface area (Å²) in [5, 5.41) is 8.84. The topological polar surface area (TPSA) is 77.0 Å². The number of nitrogens with zero attached hydrogens (tertiary/aromatic N) is 4. The molecule has 6 nitrogen and oxygen atoms in total. The van der Waals surface area contributed by atoms with Gasteiger partial charge in [-0.05, 0) is 69.4 Å². The molecule has 37 heavy (non-hydrogen) atoms. The molecule has 1 aromatic heterocycles. The highest BCUT2D eigenvalue weighted by Gasteiger charge is 2.47. The van der Waals surface area contributed by atoms with E-state index in [4.69, 9.17) is 5.73 Å². The average molecular weight is 514 g/mol. The number of benzene rings is 1. The number of carbonyl (C=O) groups is 1. The summed E-state index contributed by atoms with van der Waals surface area (Å²) in [6, 6.07) is 11.3. The minimum Gasteiger partial charge on any atom is -0.369 e. The molecule has 2 aromatic rings. The zero-order valence-electron chi connectivity index (χ0n) is 22.3. The molecule has 1 saturated carbocycles. The van der Waals surface area contributed by atoms with E-state index in [2.05, 4.69) is 33.5 Å². The third kappa shape index (κ3) is 5.31. The fraction of sp³-hybridized carbons (Fsp3) is 0.690. The molecule has 1 aliphatic carbocycles. The first kappa shape index (κ1) is 26.3. The summed E-state index contributed by atoms with van der Waals surface area (Å²) in [6.07, 6.45) is 4.88. The Labute approximate surface area is 219 Å². The third-order valence-corrected chi connectivity index (χ3v) is 9.31. The van der Waals surface area contributed by atoms with Crippen molar-refractivity contribution in [2.24, 2.45) is 17.6 Å². The zero-order valence-corrected chi connectivity index (χ0v) is 22.3. The van der Waals surface area contributed by atoms with Crippen LogP contribution in [0.25, 0.3) is 0 Å². The number of alkyl halides is 2. The van der Waals surface area contributed by atoms with Crippen molar-refractivity contribution >= 4 is 5.91 Å². The molecule has 0 radical (unpaired) electrons. The van der Waals surface area contributed by atoms with E-state index in [-0.39, 0.29) is 25.2 Å². The van der Waals surface area contributed by atoms with E-state index < -0.39 is 23.7 Å². The van der Waals surface area contributed by atoms with Crippen LogP contribution in [0.4, 0.5) is 8.78 Å². The van der Waals surface area contributed by atoms with E-state index >= 15 is 0 Å². The molecular weight excluding hydrogens is 472 g/mol. The number of rotatable bonds is 8. The number of hydrogen-bond acceptors (Lipinski definition) is 4. The van der Waals surface area contributed by atoms with Crippen molar-refractivity contribution < 1.29 is 13.6 Å². The van der Waals surface area contributed by atoms with Gasteiger partial charge in [-0.2, -0.15) is 0 Å². The number of carbonyl (C=O) groups excluding carboxylic acids is 1. The van der Waals surface area contributed by atoms with Crippen LogP contribution >= 0.6 is 0 Å². The number of fused-ring (bicyclic) bond motifs is 2. The van der Waals surface area contributed by atoms with Crippen molar-refractivity contribution in [2.45, 2.75) is 108 Å². The summed E-state index contributed by atoms with van der Waals surface area (Å²) in [6.45, 7) is 7.24. The fourth-order valence-electron chi connectivity index (χ4n) is 7.61. The summed E-state index contributed by atoms with van der Waals surface area (Å²) in [5.74, 6) is -1.86. The van der Waals surface area contributed by atoms with Crippen molar-refractivity contribution in [1.29, 1.82) is 0 Å². The largest absolute Gasteiger partial charge is 0.369 e. The van der Waals surface area contributed by atoms with Gasteiger partial charge in [-0.1, -0.05) is 44.2 Å². The van der Waals surface area contributed by atoms with Crippen molar-refractivity contribution in [1.82, 2.24) is 19.7 Å². The number of hydrogen-bond donors (Lipinski definition) is 1. The Morgan fingerprint density at radius 2 is 1.76 bits per heavy atom. The van der Waals surface area contributed by atoms with Gasteiger partial charge in [0.1, 0.15) is 11.6 Å². The SMILES string of the molecule is Cc1nnc(C(C)C)n1C1C[C@H]2CC[C@@H](C1)N2CC[C@H](c1ccccc1)C1CC(F)(F)CCC1C(N)=O. The summed E-state index contributed by atoms with van der Waals surface area (Å²) >= 11 is 0. The Bertz CT molecular complexity index is 1070. The number of amides is 1. The number of piperidine rings is 1. The van der Waals surface area contributed by atoms with Crippen LogP contribution in [0.2, 0.25) is 0 Å². The van der Waals surface area contributed by atoms with Crippen molar-refractivity contribution in [2.75, 3.05) is 6.54 Å². The molecule has 3 fully saturated rings. The van der Waals surface area contributed by atoms with Crippen LogP contribution in [0.1, 0.15) is 100 Å². The van der Waals surface area contributed by atoms with Gasteiger partial charge < -0.3 is 10.3 Å². The predicted molar refractivity (Wildman–Crippen MR) is 139 cm³/mol. The number of aromatic nitrogens is 3. The Hall–Kier alpha value is -2.35. The van der Waals surface area contributed by atoms with Gasteiger partial charge in [0, 0.05) is 42.8 Å². The molecule has 1 aromatic carbocycles. The highest BCUT2D eigenvalue weighted by atomic mass is 19.3. The quantitative estimate of drug-likeness (QED) is 0.499. The molecule has 3 aliphatic rings. The van der Waals surface area contributed by atoms with Crippen LogP contribution in [0.15, 0.2) is 30.3 Å². The fourth-order valence-corrected chi connectivity index (χ4v) is 7.61. The van der Waals surface area contributed by atoms with Crippen LogP contribution in [-0.2, 0) is 4.79 Å². The first-order valence-electron chi connectivity index (χ1n) is 14.0. The van der Waals surface area contributed by atoms with E-state index in [0.29, 0.717) is 24.0 Å². The second-order valence-electron chi connectivity index (χ2n) is 12.0. The van der Waals surface area contributed by atoms with Gasteiger partial charge >= 0.3 is 0 Å². The Kier molecular flexibility index (Phi) is 7.40. The minimum atomic E-state index is -2.74. The second-order valence-corrected chi connectivity index (χ2v) is 12.0. The molecule has 0 spiro atoms. The van der Waals surface area contributed by atoms with Crippen LogP contribution in [0.3, 0.4) is 0 Å². The lowest BCUT2D eigenvalue weighted by Crippen LogP contribution is -2.46. The molecule has 2 N–H and O–H groups in total. The van der Waals surface area contributed by atoms with Crippen LogP contribution in [-0.4, -0.2) is 50.1 Å². The maximum absolute atomic E-state index is 14.6. The minimum absolute atomic E-state index is 0.116. The first-order valence-corrected chi connectivity index (χ1v) is 14.0. The molecule has 202 valence electrons. The molecule has 5 rings (SSSR count). The molecule has 3 heterocycles. The van der Waals surface area contributed by atoms with Gasteiger partial charge in [0.15, 0.2) is 0 Å². The Morgan fingerprint density at radius 1 is 1.08 bits per heavy atom. The summed E-state index contributed by atoms with van der Waals surface area (Å²) < 4.78 is 31.6. The number of aryl methyl sites for hydroxylation is 1. The van der Waals surface area contributed by atoms with Gasteiger partial charge in [-0.25, -0.2) is 8.78 Å². The summed E-state index contributed by atoms with van der Waals surface area (Å²) in [7, 11) is 0. The smallest absolute Gasteiger partial charge is 0.248 e. The average Bonchev–Trinajstić information content (AvgIpc) is 3.34. The lowest BCUT2D eigenvalue weighted by Gasteiger charge is -2.43. The normalized spacial score (nSPS) is 30.5. The van der Waals surface area contributed by atoms with Crippen LogP contribution in [0, 0.1) is 18.8 Å². The van der Waals surface area contributed by atoms with E-state index in [0.717, 1.165) is 43.0 Å². The van der Waals surface area contributed by atoms with Crippen LogP contribution < -0.4 is 5.73 Å². The molecule has 2 bridgehead atoms. The molecule has 3 unspecified atom stereocenters. The highest BCUT2D eigenvalue weighted by Crippen LogP contribution is 2.48. The van der Waals surface area contributed by atoms with Crippen LogP contribution in [0.5, 0.6) is 0 Å². The van der Waals surface area contributed by atoms with E-state index in [1.54, 1.807) is 0 Å². The summed E-state index contributed by atoms with van der Waals surface area (Å²) in [5.41, 5.74) is 6.80. The molecular formula is C29H41F2N5O. The third-order valence-electron chi connectivity index (χ3n) is 9.31. The monoisotopic (exact) mass is 513 g/mol. The van der Waals surface area contributed by atoms with Gasteiger partial charge in [0.05, 0.1) is 0 Å². The van der Waals surface area contributed by atoms with Crippen molar-refractivity contribution in [3.8, 4) is 0 Å². The van der Waals surface area contributed by atoms with Gasteiger partial charge in [0.25, 0.3) is 0 Å². The standard InChI is InChI=1S/C29H41F2N5O/c1-18(2)28-34-33-19(3)36(28)23-15-21-9-10-22(16-23)35(21)14-12-24(20-7-5-4-6-8-20)26-17-29(30,31)13-11-25(26)27(32)37/h4-8,18,21-26H,9-17H2,1-3H3,(H2,32,37)/t21-,22+,23?,24-,25?,26?/m1/s1. The maximum atomic E-state index is 14.6. The molecule has 1 amide bonds. The van der Waals surface area contributed by atoms with Gasteiger partial charge in [-0.15, -0.1) is 10.2 Å². The Morgan fingerprint density at radius 3 is 2.38 bits per heavy atom. The predicted octanol–water partition coefficient (Wildman–Crippen LogP) is 5.59. The molecule has 2 aliphatic heterocycles. The first-order chi connectivity index (χ1) is 17.6. The van der Waals surface area contributed by atoms with E-state index in [1.165, 1.54) is 12.8 Å². The van der Waals surface area contributed by atoms with Crippen molar-refractivity contribution in [3.05, 3.63) is 47.5 Å². The van der Waals surface area contributed by atoms with Gasteiger partial charge in [0.2, 0.25) is 11.8 Å². The summed E-state index contributed by atoms with van der Waals surface area (Å²) in [4.78, 5) is 15.0. The lowest BCUT2D eigenvalue weighted by atomic mass is 9.67. The van der Waals surface area contributed by atoms with E-state index in [9.17, 15) is 13.6 Å². The van der Waals surface area contributed by atoms with Crippen molar-refractivity contribution in [3.63, 3.8) is 0 Å². The second kappa shape index (κ2) is 10.4. The molecule has 8 heteroatoms. The molecule has 2 saturated heterocycles. The number of halogens is 2. The highest BCUT2D eigenvalue weighted by molar-refractivity contribution is 5.77. The lowest BCUT2D eigenvalue weighted by molar-refractivity contribution is -0.131. The number of primary amides is 1. The van der Waals surface area contributed by atoms with E-state index in [1.807, 2.05) is 37.3 Å². The maximum Gasteiger partial charge on any atom is 0.248 e. The Balaban J connectivity index is 1.34. The number of nitrogens with two attached hydrogens (primary N) is 1.